The molecular formula is C14H15FN2O4. The number of halogens is 1. The van der Waals surface area contributed by atoms with Gasteiger partial charge in [-0.05, 0) is 30.2 Å². The number of amides is 2. The van der Waals surface area contributed by atoms with Gasteiger partial charge in [0.2, 0.25) is 5.91 Å². The Morgan fingerprint density at radius 3 is 2.95 bits per heavy atom. The minimum Gasteiger partial charge on any atom is -0.357 e. The van der Waals surface area contributed by atoms with Crippen LogP contribution in [0.4, 0.5) is 4.53 Å². The van der Waals surface area contributed by atoms with Gasteiger partial charge in [0.15, 0.2) is 5.75 Å². The molecular weight excluding hydrogens is 279 g/mol. The van der Waals surface area contributed by atoms with Crippen molar-refractivity contribution in [1.82, 2.24) is 10.2 Å². The van der Waals surface area contributed by atoms with Gasteiger partial charge in [-0.1, -0.05) is 0 Å². The molecule has 1 N–H and O–H groups in total. The SMILES string of the molecule is CNC(=O)C(CCC=O)N1Cc2cc(OF)ccc2C1=O. The highest BCUT2D eigenvalue weighted by Gasteiger charge is 2.35. The first-order valence-electron chi connectivity index (χ1n) is 6.50. The summed E-state index contributed by atoms with van der Waals surface area (Å²) in [7, 11) is 1.47. The molecule has 0 bridgehead atoms. The van der Waals surface area contributed by atoms with Crippen LogP contribution < -0.4 is 10.3 Å². The number of hydrogen-bond acceptors (Lipinski definition) is 4. The van der Waals surface area contributed by atoms with Crippen molar-refractivity contribution in [2.24, 2.45) is 0 Å². The molecule has 1 aliphatic rings. The van der Waals surface area contributed by atoms with Gasteiger partial charge >= 0.3 is 0 Å². The van der Waals surface area contributed by atoms with Crippen molar-refractivity contribution >= 4 is 18.1 Å². The van der Waals surface area contributed by atoms with Gasteiger partial charge in [0, 0.05) is 30.1 Å². The summed E-state index contributed by atoms with van der Waals surface area (Å²) in [6, 6.07) is 3.51. The van der Waals surface area contributed by atoms with Crippen LogP contribution >= 0.6 is 0 Å². The normalized spacial score (nSPS) is 14.6. The van der Waals surface area contributed by atoms with E-state index < -0.39 is 6.04 Å². The first kappa shape index (κ1) is 15.0. The Labute approximate surface area is 120 Å². The van der Waals surface area contributed by atoms with E-state index in [2.05, 4.69) is 10.3 Å². The maximum Gasteiger partial charge on any atom is 0.255 e. The summed E-state index contributed by atoms with van der Waals surface area (Å²) in [6.07, 6.45) is 1.13. The van der Waals surface area contributed by atoms with E-state index in [0.29, 0.717) is 17.4 Å². The molecule has 7 heteroatoms. The molecule has 0 spiro atoms. The lowest BCUT2D eigenvalue weighted by molar-refractivity contribution is -0.125. The first-order valence-corrected chi connectivity index (χ1v) is 6.50. The Kier molecular flexibility index (Phi) is 4.52. The van der Waals surface area contributed by atoms with Crippen LogP contribution in [0.25, 0.3) is 0 Å². The molecule has 0 saturated heterocycles. The summed E-state index contributed by atoms with van der Waals surface area (Å²) >= 11 is 0. The van der Waals surface area contributed by atoms with E-state index in [4.69, 9.17) is 0 Å². The zero-order valence-corrected chi connectivity index (χ0v) is 11.5. The predicted molar refractivity (Wildman–Crippen MR) is 71.2 cm³/mol. The molecule has 0 aromatic heterocycles. The topological polar surface area (TPSA) is 75.7 Å². The Bertz CT molecular complexity index is 576. The molecule has 6 nitrogen and oxygen atoms in total. The number of likely N-dealkylation sites (N-methyl/N-ethyl adjacent to an activating group) is 1. The van der Waals surface area contributed by atoms with E-state index >= 15 is 0 Å². The molecule has 2 rings (SSSR count). The fourth-order valence-electron chi connectivity index (χ4n) is 2.44. The lowest BCUT2D eigenvalue weighted by atomic mass is 10.1. The zero-order valence-electron chi connectivity index (χ0n) is 11.5. The molecule has 0 aliphatic carbocycles. The van der Waals surface area contributed by atoms with E-state index in [1.165, 1.54) is 30.1 Å². The highest BCUT2D eigenvalue weighted by molar-refractivity contribution is 6.01. The van der Waals surface area contributed by atoms with Crippen LogP contribution in [-0.4, -0.2) is 36.1 Å². The Hall–Kier alpha value is -2.44. The molecule has 0 radical (unpaired) electrons. The van der Waals surface area contributed by atoms with Crippen LogP contribution in [0.2, 0.25) is 0 Å². The third-order valence-electron chi connectivity index (χ3n) is 3.48. The van der Waals surface area contributed by atoms with E-state index in [1.807, 2.05) is 0 Å². The smallest absolute Gasteiger partial charge is 0.255 e. The number of aldehydes is 1. The van der Waals surface area contributed by atoms with Crippen molar-refractivity contribution in [2.75, 3.05) is 7.05 Å². The second kappa shape index (κ2) is 6.34. The van der Waals surface area contributed by atoms with Crippen LogP contribution in [0.1, 0.15) is 28.8 Å². The molecule has 21 heavy (non-hydrogen) atoms. The quantitative estimate of drug-likeness (QED) is 0.794. The number of carbonyl (C=O) groups is 3. The Morgan fingerprint density at radius 2 is 2.33 bits per heavy atom. The van der Waals surface area contributed by atoms with Crippen LogP contribution in [0.5, 0.6) is 5.75 Å². The van der Waals surface area contributed by atoms with E-state index in [0.717, 1.165) is 0 Å². The van der Waals surface area contributed by atoms with E-state index in [-0.39, 0.29) is 37.0 Å². The lowest BCUT2D eigenvalue weighted by Crippen LogP contribution is -2.46. The summed E-state index contributed by atoms with van der Waals surface area (Å²) in [5.74, 6) is -0.636. The maximum absolute atomic E-state index is 12.3. The molecule has 1 aromatic carbocycles. The molecule has 2 amide bonds. The highest BCUT2D eigenvalue weighted by atomic mass is 19.3. The number of rotatable bonds is 6. The van der Waals surface area contributed by atoms with E-state index in [1.54, 1.807) is 0 Å². The minimum absolute atomic E-state index is 0.00721. The fourth-order valence-corrected chi connectivity index (χ4v) is 2.44. The average Bonchev–Trinajstić information content (AvgIpc) is 2.83. The summed E-state index contributed by atoms with van der Waals surface area (Å²) in [5, 5.41) is 2.49. The zero-order chi connectivity index (χ0) is 15.4. The largest absolute Gasteiger partial charge is 0.357 e. The monoisotopic (exact) mass is 294 g/mol. The van der Waals surface area contributed by atoms with Crippen molar-refractivity contribution < 1.29 is 23.9 Å². The van der Waals surface area contributed by atoms with Crippen LogP contribution in [0.3, 0.4) is 0 Å². The van der Waals surface area contributed by atoms with Gasteiger partial charge in [-0.2, -0.15) is 0 Å². The van der Waals surface area contributed by atoms with Crippen molar-refractivity contribution in [3.63, 3.8) is 0 Å². The number of benzene rings is 1. The van der Waals surface area contributed by atoms with Crippen molar-refractivity contribution in [1.29, 1.82) is 0 Å². The van der Waals surface area contributed by atoms with Gasteiger partial charge in [0.1, 0.15) is 12.3 Å². The minimum atomic E-state index is -0.727. The lowest BCUT2D eigenvalue weighted by Gasteiger charge is -2.25. The van der Waals surface area contributed by atoms with Gasteiger partial charge in [0.05, 0.1) is 0 Å². The van der Waals surface area contributed by atoms with Crippen molar-refractivity contribution in [3.8, 4) is 5.75 Å². The summed E-state index contributed by atoms with van der Waals surface area (Å²) in [4.78, 5) is 39.8. The summed E-state index contributed by atoms with van der Waals surface area (Å²) < 4.78 is 12.2. The maximum atomic E-state index is 12.3. The Balaban J connectivity index is 2.26. The number of nitrogens with one attached hydrogen (secondary N) is 1. The van der Waals surface area contributed by atoms with Gasteiger partial charge < -0.3 is 15.0 Å². The number of hydrogen-bond donors (Lipinski definition) is 1. The summed E-state index contributed by atoms with van der Waals surface area (Å²) in [5.41, 5.74) is 1.01. The van der Waals surface area contributed by atoms with Gasteiger partial charge in [-0.25, -0.2) is 0 Å². The molecule has 1 aromatic rings. The van der Waals surface area contributed by atoms with Crippen molar-refractivity contribution in [2.45, 2.75) is 25.4 Å². The predicted octanol–water partition coefficient (Wildman–Crippen LogP) is 0.999. The van der Waals surface area contributed by atoms with Crippen LogP contribution in [0.15, 0.2) is 18.2 Å². The number of nitrogens with zero attached hydrogens (tertiary/aromatic N) is 1. The second-order valence-electron chi connectivity index (χ2n) is 4.70. The first-order chi connectivity index (χ1) is 10.1. The van der Waals surface area contributed by atoms with Gasteiger partial charge in [-0.3, -0.25) is 14.5 Å². The second-order valence-corrected chi connectivity index (χ2v) is 4.70. The van der Waals surface area contributed by atoms with E-state index in [9.17, 15) is 18.9 Å². The standard InChI is InChI=1S/C14H15FN2O4/c1-16-13(19)12(3-2-6-18)17-8-9-7-10(21-15)4-5-11(9)14(17)20/h4-7,12H,2-3,8H2,1H3,(H,16,19). The number of carbonyl (C=O) groups excluding carboxylic acids is 3. The molecule has 0 saturated carbocycles. The van der Waals surface area contributed by atoms with Crippen LogP contribution in [-0.2, 0) is 16.1 Å². The fraction of sp³-hybridized carbons (Fsp3) is 0.357. The average molecular weight is 294 g/mol. The molecule has 1 heterocycles. The van der Waals surface area contributed by atoms with Crippen LogP contribution in [0, 0.1) is 0 Å². The molecule has 1 aliphatic heterocycles. The molecule has 1 atom stereocenters. The molecule has 112 valence electrons. The molecule has 1 unspecified atom stereocenters. The molecule has 0 fully saturated rings. The Morgan fingerprint density at radius 1 is 1.57 bits per heavy atom. The number of fused-ring (bicyclic) bond motifs is 1. The third kappa shape index (κ3) is 2.86. The van der Waals surface area contributed by atoms with Gasteiger partial charge in [-0.15, -0.1) is 0 Å². The summed E-state index contributed by atoms with van der Waals surface area (Å²) in [6.45, 7) is 0.183. The van der Waals surface area contributed by atoms with Gasteiger partial charge in [0.25, 0.3) is 5.91 Å². The third-order valence-corrected chi connectivity index (χ3v) is 3.48. The highest BCUT2D eigenvalue weighted by Crippen LogP contribution is 2.29. The van der Waals surface area contributed by atoms with Crippen molar-refractivity contribution in [3.05, 3.63) is 29.3 Å².